The maximum absolute atomic E-state index is 10.4. The van der Waals surface area contributed by atoms with Crippen molar-refractivity contribution in [2.45, 2.75) is 27.7 Å². The number of aryl methyl sites for hydroxylation is 3. The molecule has 0 atom stereocenters. The second-order valence-corrected chi connectivity index (χ2v) is 7.19. The summed E-state index contributed by atoms with van der Waals surface area (Å²) >= 11 is 0. The molecule has 3 aromatic rings. The SMILES string of the molecule is Cc1[c-]cc(C)c([N+](=O)[O-])c1.Cc1c([N+](=O)[O-])[c-]ccc1[N+](=O)[O-].Cc1c[c-]c([N+](=O)[O-])cc1[N+](=O)[O-].[Y].[Y].[Y]. The minimum absolute atomic E-state index is 0. The summed E-state index contributed by atoms with van der Waals surface area (Å²) in [5.74, 6) is 0. The molecule has 0 aromatic heterocycles. The number of nitro benzene ring substituents is 5. The van der Waals surface area contributed by atoms with E-state index in [1.807, 2.05) is 0 Å². The van der Waals surface area contributed by atoms with Gasteiger partial charge in [0.15, 0.2) is 28.4 Å². The number of benzene rings is 3. The molecule has 0 N–H and O–H groups in total. The fourth-order valence-electron chi connectivity index (χ4n) is 2.64. The van der Waals surface area contributed by atoms with Gasteiger partial charge in [0.05, 0.1) is 0 Å². The average molecular weight is 779 g/mol. The maximum atomic E-state index is 10.4. The minimum atomic E-state index is -0.716. The van der Waals surface area contributed by atoms with Gasteiger partial charge < -0.3 is 0 Å². The van der Waals surface area contributed by atoms with E-state index >= 15 is 0 Å². The molecule has 203 valence electrons. The van der Waals surface area contributed by atoms with E-state index in [-0.39, 0.29) is 131 Å². The van der Waals surface area contributed by atoms with Crippen molar-refractivity contribution in [1.29, 1.82) is 0 Å². The van der Waals surface area contributed by atoms with Crippen LogP contribution < -0.4 is 0 Å². The van der Waals surface area contributed by atoms with Crippen LogP contribution in [0.4, 0.5) is 28.4 Å². The van der Waals surface area contributed by atoms with Crippen LogP contribution in [0.3, 0.4) is 0 Å². The van der Waals surface area contributed by atoms with Gasteiger partial charge >= 0.3 is 0 Å². The van der Waals surface area contributed by atoms with Crippen LogP contribution in [0.25, 0.3) is 0 Å². The smallest absolute Gasteiger partial charge is 0.175 e. The molecule has 0 amide bonds. The Morgan fingerprint density at radius 2 is 1.02 bits per heavy atom. The standard InChI is InChI=1S/C8H8NO2.2C7H5N2O4.3Y/c1-6-3-4-7(2)8(5-6)9(10)11;1-5-2-3-6(8(10)11)4-7(5)9(12)13;1-5-6(8(10)11)3-2-4-7(5)9(12)13;;;/h4-5H,1-2H3;2,4H,1H3;2-3H,1H3;;;/q3*-1;;;. The maximum Gasteiger partial charge on any atom is 0.175 e. The van der Waals surface area contributed by atoms with Gasteiger partial charge in [-0.25, -0.2) is 0 Å². The molecule has 15 nitrogen and oxygen atoms in total. The summed E-state index contributed by atoms with van der Waals surface area (Å²) in [7, 11) is 0. The third-order valence-corrected chi connectivity index (χ3v) is 4.56. The van der Waals surface area contributed by atoms with Crippen molar-refractivity contribution in [3.05, 3.63) is 127 Å². The van der Waals surface area contributed by atoms with Gasteiger partial charge in [0.25, 0.3) is 0 Å². The van der Waals surface area contributed by atoms with E-state index in [1.54, 1.807) is 19.9 Å². The molecule has 0 saturated carbocycles. The molecule has 0 heterocycles. The second-order valence-electron chi connectivity index (χ2n) is 7.19. The molecule has 3 rings (SSSR count). The molecule has 0 aliphatic heterocycles. The number of non-ortho nitro benzene ring substituents is 1. The number of rotatable bonds is 5. The summed E-state index contributed by atoms with van der Waals surface area (Å²) in [6.07, 6.45) is 0. The van der Waals surface area contributed by atoms with Gasteiger partial charge in [-0.05, 0) is 11.6 Å². The predicted octanol–water partition coefficient (Wildman–Crippen LogP) is 5.23. The molecule has 0 aliphatic carbocycles. The zero-order chi connectivity index (χ0) is 28.4. The van der Waals surface area contributed by atoms with Crippen molar-refractivity contribution in [3.63, 3.8) is 0 Å². The number of nitro groups is 5. The Hall–Kier alpha value is -2.03. The summed E-state index contributed by atoms with van der Waals surface area (Å²) in [5, 5.41) is 51.7. The predicted molar refractivity (Wildman–Crippen MR) is 128 cm³/mol. The monoisotopic (exact) mass is 779 g/mol. The van der Waals surface area contributed by atoms with Gasteiger partial charge in [0.2, 0.25) is 0 Å². The average Bonchev–Trinajstić information content (AvgIpc) is 2.81. The molecular weight excluding hydrogens is 761 g/mol. The van der Waals surface area contributed by atoms with Crippen LogP contribution in [0.5, 0.6) is 0 Å². The largest absolute Gasteiger partial charge is 0.260 e. The number of hydrogen-bond donors (Lipinski definition) is 0. The van der Waals surface area contributed by atoms with Gasteiger partial charge in [0, 0.05) is 123 Å². The van der Waals surface area contributed by atoms with Gasteiger partial charge in [-0.1, -0.05) is 51.0 Å². The Morgan fingerprint density at radius 1 is 0.575 bits per heavy atom. The van der Waals surface area contributed by atoms with Gasteiger partial charge in [-0.15, -0.1) is 12.1 Å². The van der Waals surface area contributed by atoms with E-state index in [0.717, 1.165) is 11.6 Å². The Labute approximate surface area is 302 Å². The first kappa shape index (κ1) is 42.4. The third kappa shape index (κ3) is 13.1. The molecule has 0 saturated heterocycles. The summed E-state index contributed by atoms with van der Waals surface area (Å²) in [5.41, 5.74) is 0.736. The van der Waals surface area contributed by atoms with Crippen LogP contribution in [0.1, 0.15) is 22.3 Å². The Morgan fingerprint density at radius 3 is 1.43 bits per heavy atom. The first-order valence-electron chi connectivity index (χ1n) is 9.91. The van der Waals surface area contributed by atoms with Crippen LogP contribution in [-0.4, -0.2) is 24.6 Å². The minimum Gasteiger partial charge on any atom is -0.260 e. The third-order valence-electron chi connectivity index (χ3n) is 4.56. The Balaban J connectivity index is -0.000000497. The van der Waals surface area contributed by atoms with E-state index in [0.29, 0.717) is 11.1 Å². The van der Waals surface area contributed by atoms with Crippen molar-refractivity contribution in [2.24, 2.45) is 0 Å². The summed E-state index contributed by atoms with van der Waals surface area (Å²) in [6.45, 7) is 6.31. The molecule has 0 bridgehead atoms. The van der Waals surface area contributed by atoms with Crippen molar-refractivity contribution < 1.29 is 123 Å². The van der Waals surface area contributed by atoms with Gasteiger partial charge in [-0.3, -0.25) is 50.6 Å². The zero-order valence-electron chi connectivity index (χ0n) is 21.5. The number of hydrogen-bond acceptors (Lipinski definition) is 10. The van der Waals surface area contributed by atoms with Gasteiger partial charge in [-0.2, -0.15) is 29.8 Å². The van der Waals surface area contributed by atoms with E-state index < -0.39 is 25.4 Å². The van der Waals surface area contributed by atoms with E-state index in [1.165, 1.54) is 38.1 Å². The molecule has 0 unspecified atom stereocenters. The molecule has 0 spiro atoms. The summed E-state index contributed by atoms with van der Waals surface area (Å²) in [6, 6.07) is 15.2. The normalized spacial score (nSPS) is 8.90. The van der Waals surface area contributed by atoms with Crippen LogP contribution in [0, 0.1) is 96.5 Å². The van der Waals surface area contributed by atoms with E-state index in [4.69, 9.17) is 0 Å². The fraction of sp³-hybridized carbons (Fsp3) is 0.182. The zero-order valence-corrected chi connectivity index (χ0v) is 30.0. The molecule has 0 fully saturated rings. The first-order chi connectivity index (χ1) is 17.2. The van der Waals surface area contributed by atoms with Gasteiger partial charge in [0.1, 0.15) is 0 Å². The first-order valence-corrected chi connectivity index (χ1v) is 9.91. The molecule has 18 heteroatoms. The van der Waals surface area contributed by atoms with Crippen molar-refractivity contribution in [2.75, 3.05) is 0 Å². The quantitative estimate of drug-likeness (QED) is 0.187. The molecular formula is C22H18N5O10Y3-3. The van der Waals surface area contributed by atoms with E-state index in [2.05, 4.69) is 18.2 Å². The molecule has 3 radical (unpaired) electrons. The second kappa shape index (κ2) is 19.9. The van der Waals surface area contributed by atoms with Crippen molar-refractivity contribution >= 4 is 28.4 Å². The number of nitrogens with zero attached hydrogens (tertiary/aromatic N) is 5. The van der Waals surface area contributed by atoms with Crippen LogP contribution in [0.2, 0.25) is 0 Å². The molecule has 0 aliphatic rings. The molecule has 3 aromatic carbocycles. The van der Waals surface area contributed by atoms with E-state index in [9.17, 15) is 50.6 Å². The van der Waals surface area contributed by atoms with Crippen LogP contribution >= 0.6 is 0 Å². The summed E-state index contributed by atoms with van der Waals surface area (Å²) in [4.78, 5) is 48.6. The Bertz CT molecular complexity index is 1340. The molecule has 40 heavy (non-hydrogen) atoms. The van der Waals surface area contributed by atoms with Crippen LogP contribution in [0.15, 0.2) is 36.4 Å². The Kier molecular flexibility index (Phi) is 21.2. The van der Waals surface area contributed by atoms with Crippen molar-refractivity contribution in [1.82, 2.24) is 0 Å². The summed E-state index contributed by atoms with van der Waals surface area (Å²) < 4.78 is 0. The van der Waals surface area contributed by atoms with Crippen molar-refractivity contribution in [3.8, 4) is 0 Å². The topological polar surface area (TPSA) is 216 Å². The fourth-order valence-corrected chi connectivity index (χ4v) is 2.64. The van der Waals surface area contributed by atoms with Crippen LogP contribution in [-0.2, 0) is 98.1 Å².